The van der Waals surface area contributed by atoms with Gasteiger partial charge in [0, 0.05) is 44.4 Å². The van der Waals surface area contributed by atoms with Gasteiger partial charge >= 0.3 is 6.03 Å². The summed E-state index contributed by atoms with van der Waals surface area (Å²) in [6.07, 6.45) is 0.424. The largest absolute Gasteiger partial charge is 0.494 e. The second kappa shape index (κ2) is 7.42. The summed E-state index contributed by atoms with van der Waals surface area (Å²) in [5, 5.41) is 4.75. The Kier molecular flexibility index (Phi) is 5.20. The van der Waals surface area contributed by atoms with Crippen LogP contribution in [0.1, 0.15) is 19.8 Å². The van der Waals surface area contributed by atoms with Crippen LogP contribution in [-0.4, -0.2) is 61.6 Å². The number of anilines is 1. The third-order valence-electron chi connectivity index (χ3n) is 5.09. The van der Waals surface area contributed by atoms with E-state index in [1.54, 1.807) is 24.0 Å². The number of amides is 4. The lowest BCUT2D eigenvalue weighted by Gasteiger charge is -2.36. The van der Waals surface area contributed by atoms with Crippen molar-refractivity contribution in [2.75, 3.05) is 38.2 Å². The summed E-state index contributed by atoms with van der Waals surface area (Å²) in [4.78, 5) is 39.4. The number of carbonyl (C=O) groups is 3. The van der Waals surface area contributed by atoms with Gasteiger partial charge in [0.05, 0.1) is 7.11 Å². The van der Waals surface area contributed by atoms with Gasteiger partial charge in [0.25, 0.3) is 5.91 Å². The molecule has 9 heteroatoms. The number of piperazine rings is 1. The van der Waals surface area contributed by atoms with Gasteiger partial charge in [0.15, 0.2) is 11.6 Å². The van der Waals surface area contributed by atoms with E-state index in [2.05, 4.69) is 15.5 Å². The summed E-state index contributed by atoms with van der Waals surface area (Å²) in [7, 11) is 1.42. The number of carbonyl (C=O) groups excluding carboxylic acids is 3. The predicted octanol–water partition coefficient (Wildman–Crippen LogP) is 0.861. The molecule has 1 unspecified atom stereocenters. The summed E-state index contributed by atoms with van der Waals surface area (Å²) in [5.74, 6) is -0.681. The highest BCUT2D eigenvalue weighted by Gasteiger charge is 2.42. The Morgan fingerprint density at radius 1 is 1.26 bits per heavy atom. The van der Waals surface area contributed by atoms with Crippen LogP contribution in [0, 0.1) is 5.82 Å². The molecule has 0 aliphatic carbocycles. The Hall–Kier alpha value is -2.84. The molecule has 0 saturated carbocycles. The van der Waals surface area contributed by atoms with Crippen LogP contribution in [0.3, 0.4) is 0 Å². The molecule has 2 fully saturated rings. The maximum atomic E-state index is 13.5. The number of benzene rings is 1. The average molecular weight is 378 g/mol. The molecule has 2 heterocycles. The van der Waals surface area contributed by atoms with E-state index >= 15 is 0 Å². The molecule has 0 aromatic heterocycles. The lowest BCUT2D eigenvalue weighted by Crippen LogP contribution is -2.50. The fourth-order valence-electron chi connectivity index (χ4n) is 3.33. The number of nitrogens with one attached hydrogen (secondary N) is 2. The lowest BCUT2D eigenvalue weighted by atomic mass is 9.96. The number of methoxy groups -OCH3 is 1. The third-order valence-corrected chi connectivity index (χ3v) is 5.09. The van der Waals surface area contributed by atoms with Crippen LogP contribution in [-0.2, 0) is 9.59 Å². The van der Waals surface area contributed by atoms with Crippen LogP contribution in [0.4, 0.5) is 14.9 Å². The predicted molar refractivity (Wildman–Crippen MR) is 96.1 cm³/mol. The van der Waals surface area contributed by atoms with Crippen LogP contribution < -0.4 is 20.3 Å². The van der Waals surface area contributed by atoms with Gasteiger partial charge in [-0.2, -0.15) is 0 Å². The van der Waals surface area contributed by atoms with Gasteiger partial charge in [0.1, 0.15) is 5.54 Å². The van der Waals surface area contributed by atoms with E-state index in [-0.39, 0.29) is 24.5 Å². The molecular formula is C18H23FN4O4. The topological polar surface area (TPSA) is 91.0 Å². The van der Waals surface area contributed by atoms with Crippen molar-refractivity contribution in [2.24, 2.45) is 0 Å². The van der Waals surface area contributed by atoms with Gasteiger partial charge in [-0.25, -0.2) is 9.18 Å². The molecule has 3 rings (SSSR count). The first-order valence-corrected chi connectivity index (χ1v) is 8.82. The Bertz CT molecular complexity index is 764. The molecule has 2 saturated heterocycles. The van der Waals surface area contributed by atoms with Gasteiger partial charge in [-0.3, -0.25) is 14.9 Å². The quantitative estimate of drug-likeness (QED) is 0.742. The Balaban J connectivity index is 1.52. The molecule has 0 radical (unpaired) electrons. The summed E-state index contributed by atoms with van der Waals surface area (Å²) in [5.41, 5.74) is -0.197. The second-order valence-electron chi connectivity index (χ2n) is 6.93. The molecule has 1 atom stereocenters. The zero-order valence-electron chi connectivity index (χ0n) is 15.4. The molecular weight excluding hydrogens is 355 g/mol. The molecule has 1 aromatic carbocycles. The van der Waals surface area contributed by atoms with Crippen molar-refractivity contribution in [1.82, 2.24) is 15.5 Å². The summed E-state index contributed by atoms with van der Waals surface area (Å²) in [6.45, 7) is 3.92. The molecule has 27 heavy (non-hydrogen) atoms. The number of imide groups is 1. The minimum absolute atomic E-state index is 0.0542. The van der Waals surface area contributed by atoms with Gasteiger partial charge in [-0.1, -0.05) is 0 Å². The van der Waals surface area contributed by atoms with Crippen LogP contribution in [0.5, 0.6) is 5.75 Å². The number of halogens is 1. The molecule has 1 aromatic rings. The van der Waals surface area contributed by atoms with Gasteiger partial charge < -0.3 is 19.9 Å². The third kappa shape index (κ3) is 3.96. The standard InChI is InChI=1S/C18H23FN4O4/c1-18(16(25)20-17(26)21-18)6-5-15(24)23-9-7-22(8-10-23)12-3-4-13(19)14(11-12)27-2/h3-4,11H,5-10H2,1-2H3,(H2,20,21,25,26). The number of rotatable bonds is 5. The number of hydrogen-bond acceptors (Lipinski definition) is 5. The minimum Gasteiger partial charge on any atom is -0.494 e. The number of hydrogen-bond donors (Lipinski definition) is 2. The normalized spacial score (nSPS) is 22.5. The fraction of sp³-hybridized carbons (Fsp3) is 0.500. The van der Waals surface area contributed by atoms with Crippen LogP contribution >= 0.6 is 0 Å². The average Bonchev–Trinajstić information content (AvgIpc) is 2.92. The van der Waals surface area contributed by atoms with E-state index in [0.717, 1.165) is 5.69 Å². The monoisotopic (exact) mass is 378 g/mol. The second-order valence-corrected chi connectivity index (χ2v) is 6.93. The maximum Gasteiger partial charge on any atom is 0.322 e. The molecule has 146 valence electrons. The first kappa shape index (κ1) is 18.9. The molecule has 2 aliphatic heterocycles. The van der Waals surface area contributed by atoms with E-state index in [1.165, 1.54) is 13.2 Å². The van der Waals surface area contributed by atoms with Crippen molar-refractivity contribution in [3.8, 4) is 5.75 Å². The number of urea groups is 1. The minimum atomic E-state index is -1.04. The van der Waals surface area contributed by atoms with E-state index in [0.29, 0.717) is 26.2 Å². The number of ether oxygens (including phenoxy) is 1. The molecule has 8 nitrogen and oxygen atoms in total. The smallest absolute Gasteiger partial charge is 0.322 e. The van der Waals surface area contributed by atoms with E-state index in [1.807, 2.05) is 0 Å². The SMILES string of the molecule is COc1cc(N2CCN(C(=O)CCC3(C)NC(=O)NC3=O)CC2)ccc1F. The summed E-state index contributed by atoms with van der Waals surface area (Å²) < 4.78 is 18.6. The van der Waals surface area contributed by atoms with Crippen molar-refractivity contribution < 1.29 is 23.5 Å². The molecule has 2 aliphatic rings. The van der Waals surface area contributed by atoms with Crippen molar-refractivity contribution in [1.29, 1.82) is 0 Å². The van der Waals surface area contributed by atoms with Crippen molar-refractivity contribution in [3.63, 3.8) is 0 Å². The highest BCUT2D eigenvalue weighted by molar-refractivity contribution is 6.06. The first-order chi connectivity index (χ1) is 12.8. The first-order valence-electron chi connectivity index (χ1n) is 8.82. The highest BCUT2D eigenvalue weighted by Crippen LogP contribution is 2.25. The fourth-order valence-corrected chi connectivity index (χ4v) is 3.33. The van der Waals surface area contributed by atoms with Crippen LogP contribution in [0.25, 0.3) is 0 Å². The molecule has 0 spiro atoms. The van der Waals surface area contributed by atoms with Crippen molar-refractivity contribution in [3.05, 3.63) is 24.0 Å². The lowest BCUT2D eigenvalue weighted by molar-refractivity contribution is -0.132. The maximum absolute atomic E-state index is 13.5. The Morgan fingerprint density at radius 2 is 1.96 bits per heavy atom. The van der Waals surface area contributed by atoms with Gasteiger partial charge in [-0.05, 0) is 25.5 Å². The zero-order chi connectivity index (χ0) is 19.6. The van der Waals surface area contributed by atoms with Crippen LogP contribution in [0.2, 0.25) is 0 Å². The van der Waals surface area contributed by atoms with Crippen molar-refractivity contribution in [2.45, 2.75) is 25.3 Å². The summed E-state index contributed by atoms with van der Waals surface area (Å²) in [6, 6.07) is 4.18. The Labute approximate surface area is 156 Å². The number of nitrogens with zero attached hydrogens (tertiary/aromatic N) is 2. The molecule has 0 bridgehead atoms. The van der Waals surface area contributed by atoms with E-state index in [4.69, 9.17) is 4.74 Å². The van der Waals surface area contributed by atoms with E-state index < -0.39 is 23.3 Å². The highest BCUT2D eigenvalue weighted by atomic mass is 19.1. The van der Waals surface area contributed by atoms with Gasteiger partial charge in [0.2, 0.25) is 5.91 Å². The molecule has 4 amide bonds. The summed E-state index contributed by atoms with van der Waals surface area (Å²) >= 11 is 0. The van der Waals surface area contributed by atoms with Gasteiger partial charge in [-0.15, -0.1) is 0 Å². The van der Waals surface area contributed by atoms with E-state index in [9.17, 15) is 18.8 Å². The van der Waals surface area contributed by atoms with Crippen molar-refractivity contribution >= 4 is 23.5 Å². The molecule has 2 N–H and O–H groups in total. The van der Waals surface area contributed by atoms with Crippen LogP contribution in [0.15, 0.2) is 18.2 Å². The Morgan fingerprint density at radius 3 is 2.56 bits per heavy atom. The zero-order valence-corrected chi connectivity index (χ0v) is 15.4.